The maximum absolute atomic E-state index is 12.0. The molecule has 0 fully saturated rings. The maximum atomic E-state index is 12.0. The number of nitrogens with one attached hydrogen (secondary N) is 1. The molecule has 0 saturated carbocycles. The minimum Gasteiger partial charge on any atom is -0.479 e. The van der Waals surface area contributed by atoms with Crippen molar-refractivity contribution in [2.75, 3.05) is 13.2 Å². The lowest BCUT2D eigenvalue weighted by molar-refractivity contribution is -0.147. The summed E-state index contributed by atoms with van der Waals surface area (Å²) in [5, 5.41) is 11.3. The van der Waals surface area contributed by atoms with Crippen LogP contribution in [0.2, 0.25) is 0 Å². The van der Waals surface area contributed by atoms with Crippen molar-refractivity contribution in [3.05, 3.63) is 60.2 Å². The molecule has 0 aliphatic rings. The van der Waals surface area contributed by atoms with Gasteiger partial charge in [0.05, 0.1) is 12.5 Å². The molecule has 0 spiro atoms. The first-order valence-electron chi connectivity index (χ1n) is 9.85. The number of carboxylic acid groups (broad SMARTS) is 1. The van der Waals surface area contributed by atoms with Gasteiger partial charge in [-0.05, 0) is 36.5 Å². The quantitative estimate of drug-likeness (QED) is 0.576. The molecule has 0 bridgehead atoms. The van der Waals surface area contributed by atoms with Crippen molar-refractivity contribution in [2.24, 2.45) is 5.92 Å². The van der Waals surface area contributed by atoms with Crippen LogP contribution in [-0.4, -0.2) is 42.4 Å². The molecule has 30 heavy (non-hydrogen) atoms. The first kappa shape index (κ1) is 22.9. The summed E-state index contributed by atoms with van der Waals surface area (Å²) in [5.74, 6) is -2.01. The molecule has 0 saturated heterocycles. The Bertz CT molecular complexity index is 835. The van der Waals surface area contributed by atoms with E-state index in [-0.39, 0.29) is 12.6 Å². The molecule has 0 aromatic heterocycles. The predicted molar refractivity (Wildman–Crippen MR) is 112 cm³/mol. The van der Waals surface area contributed by atoms with Gasteiger partial charge < -0.3 is 19.9 Å². The minimum absolute atomic E-state index is 0.281. The SMILES string of the molecule is CCOC(=O)[C@H](C)C[C@@H](Cc1ccc(-c2ccccc2)cc1)NC(=O)OCC(=O)O. The Hall–Kier alpha value is -3.35. The Kier molecular flexibility index (Phi) is 8.87. The van der Waals surface area contributed by atoms with Crippen LogP contribution in [0.5, 0.6) is 0 Å². The minimum atomic E-state index is -1.24. The van der Waals surface area contributed by atoms with E-state index >= 15 is 0 Å². The molecule has 7 heteroatoms. The first-order valence-corrected chi connectivity index (χ1v) is 9.85. The monoisotopic (exact) mass is 413 g/mol. The van der Waals surface area contributed by atoms with Gasteiger partial charge in [-0.1, -0.05) is 61.5 Å². The van der Waals surface area contributed by atoms with E-state index in [0.29, 0.717) is 12.8 Å². The van der Waals surface area contributed by atoms with Gasteiger partial charge in [0.25, 0.3) is 0 Å². The second-order valence-electron chi connectivity index (χ2n) is 6.97. The van der Waals surface area contributed by atoms with E-state index in [9.17, 15) is 14.4 Å². The Balaban J connectivity index is 2.07. The number of hydrogen-bond donors (Lipinski definition) is 2. The molecule has 2 N–H and O–H groups in total. The van der Waals surface area contributed by atoms with Crippen molar-refractivity contribution >= 4 is 18.0 Å². The van der Waals surface area contributed by atoms with Crippen LogP contribution < -0.4 is 5.32 Å². The zero-order chi connectivity index (χ0) is 21.9. The van der Waals surface area contributed by atoms with Crippen LogP contribution in [0.1, 0.15) is 25.8 Å². The lowest BCUT2D eigenvalue weighted by atomic mass is 9.95. The van der Waals surface area contributed by atoms with Gasteiger partial charge in [-0.2, -0.15) is 0 Å². The average molecular weight is 413 g/mol. The van der Waals surface area contributed by atoms with E-state index in [4.69, 9.17) is 9.84 Å². The van der Waals surface area contributed by atoms with Crippen molar-refractivity contribution in [3.63, 3.8) is 0 Å². The van der Waals surface area contributed by atoms with E-state index in [1.165, 1.54) is 0 Å². The van der Waals surface area contributed by atoms with Crippen molar-refractivity contribution in [2.45, 2.75) is 32.7 Å². The molecule has 2 rings (SSSR count). The number of hydrogen-bond acceptors (Lipinski definition) is 5. The summed E-state index contributed by atoms with van der Waals surface area (Å²) in [4.78, 5) is 34.5. The number of alkyl carbamates (subject to hydrolysis) is 1. The molecule has 2 aromatic carbocycles. The van der Waals surface area contributed by atoms with Crippen molar-refractivity contribution in [1.82, 2.24) is 5.32 Å². The van der Waals surface area contributed by atoms with Crippen molar-refractivity contribution in [3.8, 4) is 11.1 Å². The zero-order valence-corrected chi connectivity index (χ0v) is 17.2. The zero-order valence-electron chi connectivity index (χ0n) is 17.2. The Morgan fingerprint density at radius 1 is 0.967 bits per heavy atom. The molecule has 2 aromatic rings. The fourth-order valence-corrected chi connectivity index (χ4v) is 3.08. The number of aliphatic carboxylic acids is 1. The fourth-order valence-electron chi connectivity index (χ4n) is 3.08. The maximum Gasteiger partial charge on any atom is 0.407 e. The van der Waals surface area contributed by atoms with Gasteiger partial charge in [0.1, 0.15) is 0 Å². The second kappa shape index (κ2) is 11.6. The topological polar surface area (TPSA) is 102 Å². The molecule has 1 amide bonds. The molecule has 160 valence electrons. The average Bonchev–Trinajstić information content (AvgIpc) is 2.73. The summed E-state index contributed by atoms with van der Waals surface area (Å²) < 4.78 is 9.72. The van der Waals surface area contributed by atoms with Crippen LogP contribution in [0.4, 0.5) is 4.79 Å². The van der Waals surface area contributed by atoms with Gasteiger partial charge in [-0.25, -0.2) is 9.59 Å². The van der Waals surface area contributed by atoms with Crippen LogP contribution in [0.3, 0.4) is 0 Å². The predicted octanol–water partition coefficient (Wildman–Crippen LogP) is 3.66. The lowest BCUT2D eigenvalue weighted by Gasteiger charge is -2.21. The van der Waals surface area contributed by atoms with Crippen LogP contribution >= 0.6 is 0 Å². The number of amides is 1. The summed E-state index contributed by atoms with van der Waals surface area (Å²) in [6.45, 7) is 3.02. The number of carbonyl (C=O) groups excluding carboxylic acids is 2. The van der Waals surface area contributed by atoms with Crippen LogP contribution in [-0.2, 0) is 25.5 Å². The van der Waals surface area contributed by atoms with Gasteiger partial charge in [0.2, 0.25) is 0 Å². The molecular weight excluding hydrogens is 386 g/mol. The molecule has 0 radical (unpaired) electrons. The van der Waals surface area contributed by atoms with Crippen LogP contribution in [0.15, 0.2) is 54.6 Å². The molecule has 2 atom stereocenters. The Labute approximate surface area is 176 Å². The van der Waals surface area contributed by atoms with Crippen molar-refractivity contribution in [1.29, 1.82) is 0 Å². The largest absolute Gasteiger partial charge is 0.479 e. The molecule has 0 aliphatic carbocycles. The Morgan fingerprint density at radius 2 is 1.60 bits per heavy atom. The van der Waals surface area contributed by atoms with Gasteiger partial charge in [-0.15, -0.1) is 0 Å². The van der Waals surface area contributed by atoms with Crippen LogP contribution in [0.25, 0.3) is 11.1 Å². The van der Waals surface area contributed by atoms with Crippen LogP contribution in [0, 0.1) is 5.92 Å². The van der Waals surface area contributed by atoms with E-state index in [0.717, 1.165) is 16.7 Å². The third-order valence-electron chi connectivity index (χ3n) is 4.52. The van der Waals surface area contributed by atoms with Gasteiger partial charge in [-0.3, -0.25) is 4.79 Å². The lowest BCUT2D eigenvalue weighted by Crippen LogP contribution is -2.39. The summed E-state index contributed by atoms with van der Waals surface area (Å²) >= 11 is 0. The highest BCUT2D eigenvalue weighted by Crippen LogP contribution is 2.21. The highest BCUT2D eigenvalue weighted by molar-refractivity contribution is 5.75. The first-order chi connectivity index (χ1) is 14.4. The molecule has 0 heterocycles. The summed E-state index contributed by atoms with van der Waals surface area (Å²) in [7, 11) is 0. The van der Waals surface area contributed by atoms with E-state index in [2.05, 4.69) is 10.1 Å². The summed E-state index contributed by atoms with van der Waals surface area (Å²) in [6.07, 6.45) is -0.0398. The number of ether oxygens (including phenoxy) is 2. The third kappa shape index (κ3) is 7.58. The van der Waals surface area contributed by atoms with Crippen molar-refractivity contribution < 1.29 is 29.0 Å². The number of benzene rings is 2. The third-order valence-corrected chi connectivity index (χ3v) is 4.52. The highest BCUT2D eigenvalue weighted by atomic mass is 16.6. The molecule has 7 nitrogen and oxygen atoms in total. The van der Waals surface area contributed by atoms with Gasteiger partial charge in [0, 0.05) is 6.04 Å². The standard InChI is InChI=1S/C23H27NO6/c1-3-29-22(27)16(2)13-20(24-23(28)30-15-21(25)26)14-17-9-11-19(12-10-17)18-7-5-4-6-8-18/h4-12,16,20H,3,13-15H2,1-2H3,(H,24,28)(H,25,26)/t16-,20+/m1/s1. The van der Waals surface area contributed by atoms with E-state index < -0.39 is 30.6 Å². The summed E-state index contributed by atoms with van der Waals surface area (Å²) in [5.41, 5.74) is 3.14. The normalized spacial score (nSPS) is 12.5. The molecular formula is C23H27NO6. The van der Waals surface area contributed by atoms with E-state index in [1.54, 1.807) is 13.8 Å². The number of esters is 1. The number of carbonyl (C=O) groups is 3. The number of carboxylic acids is 1. The highest BCUT2D eigenvalue weighted by Gasteiger charge is 2.22. The summed E-state index contributed by atoms with van der Waals surface area (Å²) in [6, 6.07) is 17.5. The van der Waals surface area contributed by atoms with Gasteiger partial charge in [0.15, 0.2) is 6.61 Å². The number of rotatable bonds is 10. The smallest absolute Gasteiger partial charge is 0.407 e. The Morgan fingerprint density at radius 3 is 2.20 bits per heavy atom. The molecule has 0 unspecified atom stereocenters. The second-order valence-corrected chi connectivity index (χ2v) is 6.97. The van der Waals surface area contributed by atoms with E-state index in [1.807, 2.05) is 54.6 Å². The van der Waals surface area contributed by atoms with Gasteiger partial charge >= 0.3 is 18.0 Å². The fraction of sp³-hybridized carbons (Fsp3) is 0.348. The molecule has 0 aliphatic heterocycles.